The summed E-state index contributed by atoms with van der Waals surface area (Å²) in [6.45, 7) is 3.37. The largest absolute Gasteiger partial charge is 0.476 e. The summed E-state index contributed by atoms with van der Waals surface area (Å²) < 4.78 is 9.84. The van der Waals surface area contributed by atoms with Crippen LogP contribution in [0.3, 0.4) is 0 Å². The van der Waals surface area contributed by atoms with Gasteiger partial charge in [0.05, 0.1) is 11.5 Å². The third-order valence-corrected chi connectivity index (χ3v) is 8.14. The first-order chi connectivity index (χ1) is 20.1. The molecule has 0 saturated carbocycles. The van der Waals surface area contributed by atoms with Gasteiger partial charge in [-0.2, -0.15) is 0 Å². The van der Waals surface area contributed by atoms with Crippen molar-refractivity contribution in [3.05, 3.63) is 59.7 Å². The molecule has 0 aromatic heterocycles. The third-order valence-electron chi connectivity index (χ3n) is 6.75. The summed E-state index contributed by atoms with van der Waals surface area (Å²) in [5.74, 6) is -4.39. The Balaban J connectivity index is 1.34. The molecule has 0 spiro atoms. The predicted molar refractivity (Wildman–Crippen MR) is 145 cm³/mol. The number of carbonyl (C=O) groups is 6. The van der Waals surface area contributed by atoms with Crippen LogP contribution in [0.15, 0.2) is 59.1 Å². The number of carboxylic acids is 1. The second-order valence-electron chi connectivity index (χ2n) is 9.51. The van der Waals surface area contributed by atoms with Gasteiger partial charge < -0.3 is 25.2 Å². The van der Waals surface area contributed by atoms with E-state index in [2.05, 4.69) is 20.9 Å². The Bertz CT molecular complexity index is 1440. The number of β-lactam (4-membered cyclic amide) rings is 1. The van der Waals surface area contributed by atoms with Crippen LogP contribution in [0.2, 0.25) is 0 Å². The molecule has 4 amide bonds. The molecular weight excluding hydrogens is 572 g/mol. The fourth-order valence-corrected chi connectivity index (χ4v) is 6.20. The predicted octanol–water partition coefficient (Wildman–Crippen LogP) is -0.215. The summed E-state index contributed by atoms with van der Waals surface area (Å²) in [5, 5.41) is 16.7. The van der Waals surface area contributed by atoms with Crippen LogP contribution in [0, 0.1) is 0 Å². The molecule has 2 fully saturated rings. The summed E-state index contributed by atoms with van der Waals surface area (Å²) in [5.41, 5.74) is 0.000677. The molecule has 5 atom stereocenters. The number of amides is 4. The molecule has 16 heteroatoms. The highest BCUT2D eigenvalue weighted by Crippen LogP contribution is 2.44. The first kappa shape index (κ1) is 28.8. The lowest BCUT2D eigenvalue weighted by Crippen LogP contribution is -2.71. The SMILES string of the molecule is CC(=O)OC1=C(C(=O)O)N2C(=O)C(NC(=O)[C@H](NC(=O)N3CCNC3N=C3C=COC3=O)c3ccccc3)[C@H]2SC1C. The molecule has 2 saturated heterocycles. The number of cyclic esters (lactones) is 1. The Morgan fingerprint density at radius 1 is 1.21 bits per heavy atom. The molecule has 4 aliphatic rings. The van der Waals surface area contributed by atoms with E-state index in [1.807, 2.05) is 0 Å². The van der Waals surface area contributed by atoms with E-state index in [0.717, 1.165) is 23.6 Å². The van der Waals surface area contributed by atoms with Gasteiger partial charge in [-0.15, -0.1) is 11.8 Å². The van der Waals surface area contributed by atoms with Crippen LogP contribution in [0.4, 0.5) is 4.79 Å². The number of nitrogens with one attached hydrogen (secondary N) is 3. The van der Waals surface area contributed by atoms with Crippen molar-refractivity contribution >= 4 is 53.2 Å². The summed E-state index contributed by atoms with van der Waals surface area (Å²) in [4.78, 5) is 81.9. The number of benzene rings is 1. The Hall–Kier alpha value is -4.70. The first-order valence-corrected chi connectivity index (χ1v) is 13.8. The number of hydrogen-bond acceptors (Lipinski definition) is 11. The summed E-state index contributed by atoms with van der Waals surface area (Å²) in [7, 11) is 0. The summed E-state index contributed by atoms with van der Waals surface area (Å²) >= 11 is 1.15. The number of fused-ring (bicyclic) bond motifs is 1. The van der Waals surface area contributed by atoms with E-state index >= 15 is 0 Å². The minimum absolute atomic E-state index is 0.0310. The summed E-state index contributed by atoms with van der Waals surface area (Å²) in [6, 6.07) is 5.37. The standard InChI is InChI=1S/C26H26N6O9S/c1-12-19(41-13(2)33)18(23(36)37)32-21(35)17(22(32)42-12)29-20(34)16(14-6-4-3-5-7-14)30-26(39)31-10-9-27-25(31)28-15-8-11-40-24(15)38/h3-8,11-12,16-17,22,25,27H,9-10H2,1-2H3,(H,29,34)(H,30,39)(H,36,37)/t12?,16-,17?,22-,25?/m1/s1. The average molecular weight is 599 g/mol. The number of aliphatic imine (C=N–C) groups is 1. The van der Waals surface area contributed by atoms with Gasteiger partial charge in [-0.25, -0.2) is 19.4 Å². The molecule has 3 unspecified atom stereocenters. The van der Waals surface area contributed by atoms with Crippen LogP contribution in [0.5, 0.6) is 0 Å². The van der Waals surface area contributed by atoms with Gasteiger partial charge in [-0.1, -0.05) is 30.3 Å². The molecular formula is C26H26N6O9S. The number of nitrogens with zero attached hydrogens (tertiary/aromatic N) is 3. The topological polar surface area (TPSA) is 196 Å². The molecule has 1 aromatic carbocycles. The highest BCUT2D eigenvalue weighted by atomic mass is 32.2. The second-order valence-corrected chi connectivity index (χ2v) is 11.0. The molecule has 42 heavy (non-hydrogen) atoms. The molecule has 1 aromatic rings. The zero-order valence-electron chi connectivity index (χ0n) is 22.3. The van der Waals surface area contributed by atoms with E-state index in [9.17, 15) is 33.9 Å². The maximum atomic E-state index is 13.6. The number of rotatable bonds is 7. The van der Waals surface area contributed by atoms with Crippen molar-refractivity contribution in [2.75, 3.05) is 13.1 Å². The third kappa shape index (κ3) is 5.45. The van der Waals surface area contributed by atoms with E-state index in [4.69, 9.17) is 9.47 Å². The van der Waals surface area contributed by atoms with Gasteiger partial charge >= 0.3 is 23.9 Å². The van der Waals surface area contributed by atoms with E-state index in [-0.39, 0.29) is 18.0 Å². The summed E-state index contributed by atoms with van der Waals surface area (Å²) in [6.07, 6.45) is 1.68. The van der Waals surface area contributed by atoms with Crippen LogP contribution >= 0.6 is 11.8 Å². The average Bonchev–Trinajstić information content (AvgIpc) is 3.60. The Labute approximate surface area is 243 Å². The molecule has 4 aliphatic heterocycles. The number of esters is 2. The number of carboxylic acid groups (broad SMARTS) is 1. The van der Waals surface area contributed by atoms with E-state index in [1.54, 1.807) is 37.3 Å². The number of urea groups is 1. The Morgan fingerprint density at radius 2 is 1.95 bits per heavy atom. The number of aliphatic carboxylic acids is 1. The molecule has 15 nitrogen and oxygen atoms in total. The maximum Gasteiger partial charge on any atom is 0.361 e. The first-order valence-electron chi connectivity index (χ1n) is 12.8. The lowest BCUT2D eigenvalue weighted by molar-refractivity contribution is -0.152. The minimum atomic E-state index is -1.45. The highest BCUT2D eigenvalue weighted by Gasteiger charge is 2.57. The van der Waals surface area contributed by atoms with Crippen molar-refractivity contribution < 1.29 is 43.3 Å². The van der Waals surface area contributed by atoms with Gasteiger partial charge in [-0.05, 0) is 12.5 Å². The van der Waals surface area contributed by atoms with Crippen molar-refractivity contribution in [1.82, 2.24) is 25.8 Å². The van der Waals surface area contributed by atoms with Gasteiger partial charge in [0.15, 0.2) is 17.7 Å². The van der Waals surface area contributed by atoms with Crippen molar-refractivity contribution in [2.45, 2.75) is 42.8 Å². The normalized spacial score (nSPS) is 26.4. The molecule has 4 heterocycles. The molecule has 0 radical (unpaired) electrons. The van der Waals surface area contributed by atoms with Crippen LogP contribution in [-0.2, 0) is 33.4 Å². The minimum Gasteiger partial charge on any atom is -0.476 e. The zero-order valence-corrected chi connectivity index (χ0v) is 23.1. The van der Waals surface area contributed by atoms with Crippen molar-refractivity contribution in [3.63, 3.8) is 0 Å². The molecule has 4 N–H and O–H groups in total. The number of carbonyl (C=O) groups excluding carboxylic acids is 5. The quantitative estimate of drug-likeness (QED) is 0.239. The highest BCUT2D eigenvalue weighted by molar-refractivity contribution is 8.00. The van der Waals surface area contributed by atoms with Crippen LogP contribution in [0.1, 0.15) is 25.5 Å². The molecule has 220 valence electrons. The number of thioether (sulfide) groups is 1. The van der Waals surface area contributed by atoms with E-state index in [1.165, 1.54) is 17.2 Å². The zero-order chi connectivity index (χ0) is 30.1. The number of hydrogen-bond donors (Lipinski definition) is 4. The molecule has 5 rings (SSSR count). The van der Waals surface area contributed by atoms with Crippen LogP contribution in [-0.4, -0.2) is 92.4 Å². The fraction of sp³-hybridized carbons (Fsp3) is 0.346. The monoisotopic (exact) mass is 598 g/mol. The van der Waals surface area contributed by atoms with Gasteiger partial charge in [0.2, 0.25) is 5.91 Å². The second kappa shape index (κ2) is 11.7. The van der Waals surface area contributed by atoms with Crippen molar-refractivity contribution in [2.24, 2.45) is 4.99 Å². The van der Waals surface area contributed by atoms with Crippen molar-refractivity contribution in [1.29, 1.82) is 0 Å². The van der Waals surface area contributed by atoms with Gasteiger partial charge in [0.25, 0.3) is 5.91 Å². The maximum absolute atomic E-state index is 13.6. The molecule has 0 aliphatic carbocycles. The van der Waals surface area contributed by atoms with Gasteiger partial charge in [0, 0.05) is 26.1 Å². The van der Waals surface area contributed by atoms with E-state index < -0.39 is 70.4 Å². The van der Waals surface area contributed by atoms with E-state index in [0.29, 0.717) is 12.1 Å². The lowest BCUT2D eigenvalue weighted by Gasteiger charge is -2.50. The number of ether oxygens (including phenoxy) is 2. The Morgan fingerprint density at radius 3 is 2.60 bits per heavy atom. The molecule has 0 bridgehead atoms. The lowest BCUT2D eigenvalue weighted by atomic mass is 10.0. The van der Waals surface area contributed by atoms with Crippen LogP contribution in [0.25, 0.3) is 0 Å². The Kier molecular flexibility index (Phi) is 8.00. The van der Waals surface area contributed by atoms with Crippen LogP contribution < -0.4 is 16.0 Å². The fourth-order valence-electron chi connectivity index (χ4n) is 4.83. The smallest absolute Gasteiger partial charge is 0.361 e. The van der Waals surface area contributed by atoms with Gasteiger partial charge in [0.1, 0.15) is 23.2 Å². The van der Waals surface area contributed by atoms with Crippen molar-refractivity contribution in [3.8, 4) is 0 Å². The van der Waals surface area contributed by atoms with Gasteiger partial charge in [-0.3, -0.25) is 29.5 Å².